The standard InChI is InChI=1S/C12H25NO/c1-3-12(14)9-13-8-11-6-4-10(2)5-7-11/h10-14H,3-9H2,1-2H3. The van der Waals surface area contributed by atoms with Gasteiger partial charge in [-0.3, -0.25) is 0 Å². The summed E-state index contributed by atoms with van der Waals surface area (Å²) in [6.07, 6.45) is 6.23. The highest BCUT2D eigenvalue weighted by Crippen LogP contribution is 2.27. The van der Waals surface area contributed by atoms with Crippen LogP contribution in [0.1, 0.15) is 46.0 Å². The lowest BCUT2D eigenvalue weighted by atomic mass is 9.83. The first-order valence-electron chi connectivity index (χ1n) is 6.11. The van der Waals surface area contributed by atoms with Gasteiger partial charge < -0.3 is 10.4 Å². The molecule has 0 spiro atoms. The molecule has 1 aliphatic rings. The molecule has 0 aliphatic heterocycles. The molecule has 1 rings (SSSR count). The van der Waals surface area contributed by atoms with E-state index in [4.69, 9.17) is 0 Å². The molecule has 0 bridgehead atoms. The molecule has 2 N–H and O–H groups in total. The van der Waals surface area contributed by atoms with Crippen LogP contribution in [0.4, 0.5) is 0 Å². The quantitative estimate of drug-likeness (QED) is 0.711. The van der Waals surface area contributed by atoms with Gasteiger partial charge in [0.1, 0.15) is 0 Å². The van der Waals surface area contributed by atoms with Gasteiger partial charge in [0.05, 0.1) is 6.10 Å². The van der Waals surface area contributed by atoms with Gasteiger partial charge >= 0.3 is 0 Å². The van der Waals surface area contributed by atoms with E-state index in [1.54, 1.807) is 0 Å². The first-order valence-corrected chi connectivity index (χ1v) is 6.11. The first kappa shape index (κ1) is 12.0. The monoisotopic (exact) mass is 199 g/mol. The molecule has 2 heteroatoms. The van der Waals surface area contributed by atoms with Gasteiger partial charge in [-0.25, -0.2) is 0 Å². The lowest BCUT2D eigenvalue weighted by Gasteiger charge is -2.26. The smallest absolute Gasteiger partial charge is 0.0662 e. The Kier molecular flexibility index (Phi) is 5.49. The van der Waals surface area contributed by atoms with E-state index in [9.17, 15) is 5.11 Å². The van der Waals surface area contributed by atoms with Crippen molar-refractivity contribution < 1.29 is 5.11 Å². The Morgan fingerprint density at radius 3 is 2.50 bits per heavy atom. The zero-order chi connectivity index (χ0) is 10.4. The van der Waals surface area contributed by atoms with Crippen molar-refractivity contribution in [2.75, 3.05) is 13.1 Å². The van der Waals surface area contributed by atoms with Crippen LogP contribution in [0, 0.1) is 11.8 Å². The summed E-state index contributed by atoms with van der Waals surface area (Å²) in [6, 6.07) is 0. The number of hydrogen-bond donors (Lipinski definition) is 2. The Balaban J connectivity index is 2.02. The van der Waals surface area contributed by atoms with Crippen molar-refractivity contribution in [3.05, 3.63) is 0 Å². The minimum Gasteiger partial charge on any atom is -0.392 e. The van der Waals surface area contributed by atoms with Gasteiger partial charge in [-0.2, -0.15) is 0 Å². The van der Waals surface area contributed by atoms with Crippen molar-refractivity contribution in [2.24, 2.45) is 11.8 Å². The Morgan fingerprint density at radius 2 is 1.93 bits per heavy atom. The predicted molar refractivity (Wildman–Crippen MR) is 60.3 cm³/mol. The molecule has 1 atom stereocenters. The van der Waals surface area contributed by atoms with Crippen LogP contribution in [0.2, 0.25) is 0 Å². The summed E-state index contributed by atoms with van der Waals surface area (Å²) in [5, 5.41) is 12.7. The third-order valence-corrected chi connectivity index (χ3v) is 3.42. The fraction of sp³-hybridized carbons (Fsp3) is 1.00. The molecular formula is C12H25NO. The zero-order valence-electron chi connectivity index (χ0n) is 9.63. The molecule has 0 radical (unpaired) electrons. The van der Waals surface area contributed by atoms with Crippen LogP contribution in [-0.4, -0.2) is 24.3 Å². The van der Waals surface area contributed by atoms with Gasteiger partial charge in [0, 0.05) is 6.54 Å². The molecule has 1 aliphatic carbocycles. The van der Waals surface area contributed by atoms with Crippen molar-refractivity contribution in [2.45, 2.75) is 52.1 Å². The average Bonchev–Trinajstić information content (AvgIpc) is 2.21. The lowest BCUT2D eigenvalue weighted by molar-refractivity contribution is 0.162. The maximum atomic E-state index is 9.37. The number of aliphatic hydroxyl groups excluding tert-OH is 1. The largest absolute Gasteiger partial charge is 0.392 e. The molecule has 0 amide bonds. The second-order valence-corrected chi connectivity index (χ2v) is 4.85. The van der Waals surface area contributed by atoms with Crippen molar-refractivity contribution in [3.63, 3.8) is 0 Å². The molecular weight excluding hydrogens is 174 g/mol. The molecule has 1 unspecified atom stereocenters. The summed E-state index contributed by atoms with van der Waals surface area (Å²) in [7, 11) is 0. The molecule has 84 valence electrons. The van der Waals surface area contributed by atoms with Gasteiger partial charge in [-0.05, 0) is 37.6 Å². The number of hydrogen-bond acceptors (Lipinski definition) is 2. The highest BCUT2D eigenvalue weighted by atomic mass is 16.3. The van der Waals surface area contributed by atoms with E-state index in [0.29, 0.717) is 0 Å². The van der Waals surface area contributed by atoms with E-state index in [1.807, 2.05) is 6.92 Å². The summed E-state index contributed by atoms with van der Waals surface area (Å²) in [5.41, 5.74) is 0. The molecule has 0 heterocycles. The lowest BCUT2D eigenvalue weighted by Crippen LogP contribution is -2.32. The van der Waals surface area contributed by atoms with Crippen LogP contribution in [0.3, 0.4) is 0 Å². The zero-order valence-corrected chi connectivity index (χ0v) is 9.63. The van der Waals surface area contributed by atoms with Crippen LogP contribution in [-0.2, 0) is 0 Å². The van der Waals surface area contributed by atoms with Gasteiger partial charge in [0.15, 0.2) is 0 Å². The number of rotatable bonds is 5. The van der Waals surface area contributed by atoms with E-state index >= 15 is 0 Å². The van der Waals surface area contributed by atoms with E-state index < -0.39 is 0 Å². The maximum absolute atomic E-state index is 9.37. The number of nitrogens with one attached hydrogen (secondary N) is 1. The third kappa shape index (κ3) is 4.43. The average molecular weight is 199 g/mol. The minimum atomic E-state index is -0.155. The van der Waals surface area contributed by atoms with Crippen molar-refractivity contribution in [1.82, 2.24) is 5.32 Å². The van der Waals surface area contributed by atoms with Crippen LogP contribution < -0.4 is 5.32 Å². The summed E-state index contributed by atoms with van der Waals surface area (Å²) < 4.78 is 0. The highest BCUT2D eigenvalue weighted by molar-refractivity contribution is 4.72. The molecule has 0 aromatic carbocycles. The van der Waals surface area contributed by atoms with Gasteiger partial charge in [-0.1, -0.05) is 26.7 Å². The van der Waals surface area contributed by atoms with Crippen LogP contribution >= 0.6 is 0 Å². The van der Waals surface area contributed by atoms with Crippen LogP contribution in [0.15, 0.2) is 0 Å². The second-order valence-electron chi connectivity index (χ2n) is 4.85. The highest BCUT2D eigenvalue weighted by Gasteiger charge is 2.17. The summed E-state index contributed by atoms with van der Waals surface area (Å²) in [5.74, 6) is 1.79. The van der Waals surface area contributed by atoms with E-state index in [-0.39, 0.29) is 6.10 Å². The van der Waals surface area contributed by atoms with Crippen LogP contribution in [0.5, 0.6) is 0 Å². The third-order valence-electron chi connectivity index (χ3n) is 3.42. The molecule has 0 aromatic rings. The van der Waals surface area contributed by atoms with E-state index in [2.05, 4.69) is 12.2 Å². The second kappa shape index (κ2) is 6.41. The Morgan fingerprint density at radius 1 is 1.29 bits per heavy atom. The SMILES string of the molecule is CCC(O)CNCC1CCC(C)CC1. The Bertz CT molecular complexity index is 141. The molecule has 0 saturated heterocycles. The molecule has 1 fully saturated rings. The van der Waals surface area contributed by atoms with Gasteiger partial charge in [0.25, 0.3) is 0 Å². The topological polar surface area (TPSA) is 32.3 Å². The van der Waals surface area contributed by atoms with E-state index in [0.717, 1.165) is 31.3 Å². The molecule has 1 saturated carbocycles. The normalized spacial score (nSPS) is 30.2. The summed E-state index contributed by atoms with van der Waals surface area (Å²) in [6.45, 7) is 6.24. The van der Waals surface area contributed by atoms with E-state index in [1.165, 1.54) is 25.7 Å². The first-order chi connectivity index (χ1) is 6.72. The number of aliphatic hydroxyl groups is 1. The van der Waals surface area contributed by atoms with Gasteiger partial charge in [-0.15, -0.1) is 0 Å². The van der Waals surface area contributed by atoms with Gasteiger partial charge in [0.2, 0.25) is 0 Å². The van der Waals surface area contributed by atoms with Crippen molar-refractivity contribution in [1.29, 1.82) is 0 Å². The fourth-order valence-electron chi connectivity index (χ4n) is 2.13. The Hall–Kier alpha value is -0.0800. The summed E-state index contributed by atoms with van der Waals surface area (Å²) in [4.78, 5) is 0. The Labute approximate surface area is 88.1 Å². The minimum absolute atomic E-state index is 0.155. The fourth-order valence-corrected chi connectivity index (χ4v) is 2.13. The van der Waals surface area contributed by atoms with Crippen LogP contribution in [0.25, 0.3) is 0 Å². The maximum Gasteiger partial charge on any atom is 0.0662 e. The van der Waals surface area contributed by atoms with Crippen molar-refractivity contribution >= 4 is 0 Å². The van der Waals surface area contributed by atoms with Crippen molar-refractivity contribution in [3.8, 4) is 0 Å². The molecule has 0 aromatic heterocycles. The summed E-state index contributed by atoms with van der Waals surface area (Å²) >= 11 is 0. The molecule has 2 nitrogen and oxygen atoms in total. The molecule has 14 heavy (non-hydrogen) atoms. The predicted octanol–water partition coefficient (Wildman–Crippen LogP) is 2.17.